The van der Waals surface area contributed by atoms with E-state index >= 15 is 0 Å². The van der Waals surface area contributed by atoms with Crippen molar-refractivity contribution in [1.82, 2.24) is 20.4 Å². The Hall–Kier alpha value is -1.06. The molecule has 166 valence electrons. The second-order valence-corrected chi connectivity index (χ2v) is 7.46. The van der Waals surface area contributed by atoms with E-state index in [1.165, 1.54) is 63.2 Å². The van der Waals surface area contributed by atoms with Gasteiger partial charge in [0.1, 0.15) is 5.75 Å². The van der Waals surface area contributed by atoms with Crippen LogP contribution in [0, 0.1) is 6.92 Å². The molecule has 0 spiro atoms. The van der Waals surface area contributed by atoms with Gasteiger partial charge in [-0.1, -0.05) is 19.1 Å². The van der Waals surface area contributed by atoms with E-state index in [1.54, 1.807) is 7.11 Å². The van der Waals surface area contributed by atoms with Gasteiger partial charge in [-0.05, 0) is 56.5 Å². The number of hydrogen-bond donors (Lipinski definition) is 2. The zero-order valence-electron chi connectivity index (χ0n) is 18.7. The number of guanidine groups is 1. The number of benzene rings is 1. The number of nitrogens with one attached hydrogen (secondary N) is 2. The molecule has 29 heavy (non-hydrogen) atoms. The van der Waals surface area contributed by atoms with Crippen molar-refractivity contribution in [2.24, 2.45) is 4.99 Å². The lowest BCUT2D eigenvalue weighted by Gasteiger charge is -2.34. The van der Waals surface area contributed by atoms with Gasteiger partial charge in [0.05, 0.1) is 7.11 Å². The smallest absolute Gasteiger partial charge is 0.190 e. The van der Waals surface area contributed by atoms with Crippen LogP contribution in [0.2, 0.25) is 0 Å². The van der Waals surface area contributed by atoms with E-state index < -0.39 is 0 Å². The minimum atomic E-state index is 0. The Morgan fingerprint density at radius 3 is 2.41 bits per heavy atom. The van der Waals surface area contributed by atoms with Crippen molar-refractivity contribution < 1.29 is 4.74 Å². The molecule has 1 aromatic carbocycles. The number of nitrogens with zero attached hydrogens (tertiary/aromatic N) is 3. The maximum absolute atomic E-state index is 5.40. The van der Waals surface area contributed by atoms with Crippen molar-refractivity contribution in [1.29, 1.82) is 0 Å². The third-order valence-electron chi connectivity index (χ3n) is 5.51. The van der Waals surface area contributed by atoms with Crippen molar-refractivity contribution in [3.8, 4) is 5.75 Å². The molecule has 0 unspecified atom stereocenters. The minimum absolute atomic E-state index is 0. The van der Waals surface area contributed by atoms with Gasteiger partial charge < -0.3 is 25.2 Å². The lowest BCUT2D eigenvalue weighted by molar-refractivity contribution is 0.136. The Morgan fingerprint density at radius 1 is 1.07 bits per heavy atom. The lowest BCUT2D eigenvalue weighted by atomic mass is 10.1. The van der Waals surface area contributed by atoms with Gasteiger partial charge in [-0.15, -0.1) is 24.0 Å². The number of piperazine rings is 1. The first-order chi connectivity index (χ1) is 13.7. The van der Waals surface area contributed by atoms with Gasteiger partial charge in [0.2, 0.25) is 0 Å². The molecular weight excluding hydrogens is 477 g/mol. The van der Waals surface area contributed by atoms with Crippen molar-refractivity contribution in [3.63, 3.8) is 0 Å². The molecule has 0 bridgehead atoms. The van der Waals surface area contributed by atoms with Crippen LogP contribution in [0.1, 0.15) is 30.9 Å². The first kappa shape index (κ1) is 26.0. The van der Waals surface area contributed by atoms with Gasteiger partial charge in [-0.2, -0.15) is 0 Å². The van der Waals surface area contributed by atoms with Crippen molar-refractivity contribution in [2.45, 2.75) is 33.1 Å². The number of ether oxygens (including phenoxy) is 1. The summed E-state index contributed by atoms with van der Waals surface area (Å²) in [5.74, 6) is 1.84. The van der Waals surface area contributed by atoms with Crippen LogP contribution in [0.4, 0.5) is 0 Å². The Labute approximate surface area is 194 Å². The predicted molar refractivity (Wildman–Crippen MR) is 134 cm³/mol. The molecule has 0 saturated carbocycles. The highest BCUT2D eigenvalue weighted by molar-refractivity contribution is 14.0. The summed E-state index contributed by atoms with van der Waals surface area (Å²) in [4.78, 5) is 9.45. The molecule has 1 aromatic rings. The molecule has 1 saturated heterocycles. The summed E-state index contributed by atoms with van der Waals surface area (Å²) in [6.07, 6.45) is 3.35. The zero-order valence-corrected chi connectivity index (χ0v) is 21.0. The maximum atomic E-state index is 5.40. The van der Waals surface area contributed by atoms with Crippen LogP contribution < -0.4 is 15.4 Å². The van der Waals surface area contributed by atoms with Crippen LogP contribution in [-0.4, -0.2) is 82.3 Å². The summed E-state index contributed by atoms with van der Waals surface area (Å²) in [5, 5.41) is 6.83. The van der Waals surface area contributed by atoms with E-state index in [1.807, 2.05) is 7.05 Å². The fraction of sp³-hybridized carbons (Fsp3) is 0.682. The largest absolute Gasteiger partial charge is 0.496 e. The molecule has 0 radical (unpaired) electrons. The first-order valence-corrected chi connectivity index (χ1v) is 10.7. The van der Waals surface area contributed by atoms with E-state index in [4.69, 9.17) is 4.74 Å². The molecule has 6 nitrogen and oxygen atoms in total. The normalized spacial score (nSPS) is 15.7. The number of rotatable bonds is 10. The van der Waals surface area contributed by atoms with Gasteiger partial charge >= 0.3 is 0 Å². The van der Waals surface area contributed by atoms with Gasteiger partial charge in [-0.25, -0.2) is 0 Å². The average molecular weight is 518 g/mol. The van der Waals surface area contributed by atoms with Crippen LogP contribution in [0.25, 0.3) is 0 Å². The number of hydrogen-bond acceptors (Lipinski definition) is 4. The Balaban J connectivity index is 0.00000420. The molecule has 0 amide bonds. The van der Waals surface area contributed by atoms with E-state index in [9.17, 15) is 0 Å². The zero-order chi connectivity index (χ0) is 20.2. The molecule has 7 heteroatoms. The first-order valence-electron chi connectivity index (χ1n) is 10.7. The highest BCUT2D eigenvalue weighted by atomic mass is 127. The monoisotopic (exact) mass is 517 g/mol. The van der Waals surface area contributed by atoms with Crippen LogP contribution in [0.3, 0.4) is 0 Å². The second-order valence-electron chi connectivity index (χ2n) is 7.46. The number of methoxy groups -OCH3 is 1. The Morgan fingerprint density at radius 2 is 1.76 bits per heavy atom. The number of unbranched alkanes of at least 4 members (excludes halogenated alkanes) is 1. The number of aryl methyl sites for hydroxylation is 1. The average Bonchev–Trinajstić information content (AvgIpc) is 2.73. The molecule has 1 heterocycles. The van der Waals surface area contributed by atoms with Gasteiger partial charge in [0.15, 0.2) is 5.96 Å². The predicted octanol–water partition coefficient (Wildman–Crippen LogP) is 2.75. The quantitative estimate of drug-likeness (QED) is 0.217. The number of aliphatic imine (C=N–C) groups is 1. The summed E-state index contributed by atoms with van der Waals surface area (Å²) in [7, 11) is 3.55. The van der Waals surface area contributed by atoms with Crippen LogP contribution in [0.15, 0.2) is 23.2 Å². The van der Waals surface area contributed by atoms with Gasteiger partial charge in [-0.3, -0.25) is 4.99 Å². The topological polar surface area (TPSA) is 52.1 Å². The fourth-order valence-corrected chi connectivity index (χ4v) is 3.56. The van der Waals surface area contributed by atoms with Crippen molar-refractivity contribution in [3.05, 3.63) is 29.3 Å². The number of likely N-dealkylation sites (N-methyl/N-ethyl adjacent to an activating group) is 1. The van der Waals surface area contributed by atoms with Crippen molar-refractivity contribution >= 4 is 29.9 Å². The third kappa shape index (κ3) is 9.53. The number of halogens is 1. The molecule has 0 aromatic heterocycles. The van der Waals surface area contributed by atoms with E-state index in [0.29, 0.717) is 0 Å². The minimum Gasteiger partial charge on any atom is -0.496 e. The fourth-order valence-electron chi connectivity index (χ4n) is 3.56. The van der Waals surface area contributed by atoms with Crippen molar-refractivity contribution in [2.75, 3.05) is 66.5 Å². The Bertz CT molecular complexity index is 603. The summed E-state index contributed by atoms with van der Waals surface area (Å²) in [6, 6.07) is 6.40. The molecular formula is C22H40IN5O. The van der Waals surface area contributed by atoms with E-state index in [-0.39, 0.29) is 24.0 Å². The molecule has 2 rings (SSSR count). The molecule has 1 aliphatic rings. The molecule has 2 N–H and O–H groups in total. The van der Waals surface area contributed by atoms with E-state index in [2.05, 4.69) is 57.5 Å². The van der Waals surface area contributed by atoms with Crippen LogP contribution >= 0.6 is 24.0 Å². The van der Waals surface area contributed by atoms with Gasteiger partial charge in [0, 0.05) is 46.3 Å². The molecule has 0 atom stereocenters. The highest BCUT2D eigenvalue weighted by Gasteiger charge is 2.14. The summed E-state index contributed by atoms with van der Waals surface area (Å²) >= 11 is 0. The highest BCUT2D eigenvalue weighted by Crippen LogP contribution is 2.18. The summed E-state index contributed by atoms with van der Waals surface area (Å²) < 4.78 is 5.40. The SMILES string of the molecule is CCN1CCN(CCCCNC(=NC)NCCc2ccc(C)c(OC)c2)CC1.I. The molecule has 0 aliphatic carbocycles. The molecule has 1 fully saturated rings. The molecule has 1 aliphatic heterocycles. The van der Waals surface area contributed by atoms with E-state index in [0.717, 1.165) is 31.2 Å². The summed E-state index contributed by atoms with van der Waals surface area (Å²) in [6.45, 7) is 13.4. The standard InChI is InChI=1S/C22H39N5O.HI/c1-5-26-14-16-27(17-15-26)13-7-6-11-24-22(23-3)25-12-10-20-9-8-19(2)21(18-20)28-4;/h8-9,18H,5-7,10-17H2,1-4H3,(H2,23,24,25);1H. The Kier molecular flexibility index (Phi) is 13.3. The summed E-state index contributed by atoms with van der Waals surface area (Å²) in [5.41, 5.74) is 2.44. The lowest BCUT2D eigenvalue weighted by Crippen LogP contribution is -2.46. The third-order valence-corrected chi connectivity index (χ3v) is 5.51. The second kappa shape index (κ2) is 14.8. The van der Waals surface area contributed by atoms with Gasteiger partial charge in [0.25, 0.3) is 0 Å². The van der Waals surface area contributed by atoms with Crippen LogP contribution in [0.5, 0.6) is 5.75 Å². The van der Waals surface area contributed by atoms with Crippen LogP contribution in [-0.2, 0) is 6.42 Å². The maximum Gasteiger partial charge on any atom is 0.190 e.